The van der Waals surface area contributed by atoms with E-state index in [2.05, 4.69) is 25.2 Å². The molecule has 0 saturated heterocycles. The van der Waals surface area contributed by atoms with E-state index >= 15 is 0 Å². The fraction of sp³-hybridized carbons (Fsp3) is 0.846. The molecule has 0 bridgehead atoms. The average molecular weight is 211 g/mol. The number of hydrogen-bond acceptors (Lipinski definition) is 2. The molecule has 1 unspecified atom stereocenters. The third-order valence-electron chi connectivity index (χ3n) is 2.97. The van der Waals surface area contributed by atoms with Crippen molar-refractivity contribution in [2.24, 2.45) is 0 Å². The molecular weight excluding hydrogens is 186 g/mol. The van der Waals surface area contributed by atoms with Gasteiger partial charge in [0.1, 0.15) is 0 Å². The van der Waals surface area contributed by atoms with Gasteiger partial charge in [0.05, 0.1) is 6.10 Å². The van der Waals surface area contributed by atoms with Crippen molar-refractivity contribution in [3.05, 3.63) is 11.6 Å². The third kappa shape index (κ3) is 5.33. The quantitative estimate of drug-likeness (QED) is 0.701. The number of allylic oxidation sites excluding steroid dienone is 1. The standard InChI is InChI=1S/C13H25NO/c1-11(2)14-10-13(15)12-8-6-4-3-5-7-9-12/h8,11,13-15H,3-7,9-10H2,1-2H3. The molecule has 0 saturated carbocycles. The summed E-state index contributed by atoms with van der Waals surface area (Å²) in [6.45, 7) is 4.92. The summed E-state index contributed by atoms with van der Waals surface area (Å²) >= 11 is 0. The van der Waals surface area contributed by atoms with Gasteiger partial charge < -0.3 is 10.4 Å². The Bertz CT molecular complexity index is 199. The van der Waals surface area contributed by atoms with Gasteiger partial charge in [0.15, 0.2) is 0 Å². The van der Waals surface area contributed by atoms with Crippen LogP contribution in [-0.4, -0.2) is 23.8 Å². The summed E-state index contributed by atoms with van der Waals surface area (Å²) in [5.74, 6) is 0. The summed E-state index contributed by atoms with van der Waals surface area (Å²) in [7, 11) is 0. The minimum atomic E-state index is -0.273. The molecule has 1 aliphatic rings. The van der Waals surface area contributed by atoms with Crippen LogP contribution in [0, 0.1) is 0 Å². The normalized spacial score (nSPS) is 20.7. The first kappa shape index (κ1) is 12.7. The Hall–Kier alpha value is -0.340. The van der Waals surface area contributed by atoms with Gasteiger partial charge in [0, 0.05) is 12.6 Å². The lowest BCUT2D eigenvalue weighted by Crippen LogP contribution is -2.33. The number of rotatable bonds is 4. The third-order valence-corrected chi connectivity index (χ3v) is 2.97. The zero-order chi connectivity index (χ0) is 11.1. The van der Waals surface area contributed by atoms with Crippen LogP contribution in [0.3, 0.4) is 0 Å². The van der Waals surface area contributed by atoms with Gasteiger partial charge in [-0.25, -0.2) is 0 Å². The Labute approximate surface area is 93.8 Å². The molecule has 0 amide bonds. The predicted molar refractivity (Wildman–Crippen MR) is 64.9 cm³/mol. The Morgan fingerprint density at radius 3 is 2.73 bits per heavy atom. The van der Waals surface area contributed by atoms with E-state index in [9.17, 15) is 5.11 Å². The lowest BCUT2D eigenvalue weighted by Gasteiger charge is -2.19. The first-order chi connectivity index (χ1) is 7.20. The molecule has 2 heteroatoms. The molecule has 2 nitrogen and oxygen atoms in total. The van der Waals surface area contributed by atoms with Gasteiger partial charge in [-0.3, -0.25) is 0 Å². The Morgan fingerprint density at radius 2 is 2.00 bits per heavy atom. The average Bonchev–Trinajstić information content (AvgIpc) is 2.13. The van der Waals surface area contributed by atoms with Gasteiger partial charge in [-0.1, -0.05) is 32.8 Å². The maximum atomic E-state index is 10.0. The lowest BCUT2D eigenvalue weighted by atomic mass is 9.96. The molecule has 88 valence electrons. The van der Waals surface area contributed by atoms with E-state index in [-0.39, 0.29) is 6.10 Å². The van der Waals surface area contributed by atoms with Crippen LogP contribution >= 0.6 is 0 Å². The highest BCUT2D eigenvalue weighted by atomic mass is 16.3. The Balaban J connectivity index is 2.37. The molecule has 0 spiro atoms. The monoisotopic (exact) mass is 211 g/mol. The van der Waals surface area contributed by atoms with Gasteiger partial charge in [-0.15, -0.1) is 0 Å². The summed E-state index contributed by atoms with van der Waals surface area (Å²) in [4.78, 5) is 0. The smallest absolute Gasteiger partial charge is 0.0874 e. The fourth-order valence-electron chi connectivity index (χ4n) is 2.00. The predicted octanol–water partition coefficient (Wildman–Crippen LogP) is 2.63. The zero-order valence-corrected chi connectivity index (χ0v) is 10.1. The van der Waals surface area contributed by atoms with Crippen LogP contribution in [0.15, 0.2) is 11.6 Å². The number of aliphatic hydroxyl groups is 1. The molecule has 0 aromatic rings. The van der Waals surface area contributed by atoms with E-state index in [1.165, 1.54) is 31.3 Å². The van der Waals surface area contributed by atoms with Crippen molar-refractivity contribution in [1.82, 2.24) is 5.32 Å². The summed E-state index contributed by atoms with van der Waals surface area (Å²) in [5.41, 5.74) is 1.25. The van der Waals surface area contributed by atoms with Crippen molar-refractivity contribution in [1.29, 1.82) is 0 Å². The van der Waals surface area contributed by atoms with Gasteiger partial charge in [-0.2, -0.15) is 0 Å². The van der Waals surface area contributed by atoms with Crippen molar-refractivity contribution < 1.29 is 5.11 Å². The van der Waals surface area contributed by atoms with Crippen molar-refractivity contribution in [3.63, 3.8) is 0 Å². The molecule has 0 aromatic heterocycles. The number of nitrogens with one attached hydrogen (secondary N) is 1. The molecule has 1 rings (SSSR count). The van der Waals surface area contributed by atoms with Crippen LogP contribution in [0.2, 0.25) is 0 Å². The van der Waals surface area contributed by atoms with E-state index in [1.807, 2.05) is 0 Å². The van der Waals surface area contributed by atoms with E-state index in [4.69, 9.17) is 0 Å². The second kappa shape index (κ2) is 7.02. The minimum Gasteiger partial charge on any atom is -0.387 e. The molecule has 0 heterocycles. The van der Waals surface area contributed by atoms with E-state index in [1.54, 1.807) is 0 Å². The topological polar surface area (TPSA) is 32.3 Å². The SMILES string of the molecule is CC(C)NCC(O)C1=CCCCCCC1. The van der Waals surface area contributed by atoms with Crippen molar-refractivity contribution in [3.8, 4) is 0 Å². The highest BCUT2D eigenvalue weighted by Crippen LogP contribution is 2.19. The van der Waals surface area contributed by atoms with Gasteiger partial charge >= 0.3 is 0 Å². The molecule has 15 heavy (non-hydrogen) atoms. The van der Waals surface area contributed by atoms with Crippen LogP contribution in [-0.2, 0) is 0 Å². The lowest BCUT2D eigenvalue weighted by molar-refractivity contribution is 0.197. The summed E-state index contributed by atoms with van der Waals surface area (Å²) in [6, 6.07) is 0.453. The molecule has 0 fully saturated rings. The van der Waals surface area contributed by atoms with E-state index in [0.717, 1.165) is 12.8 Å². The van der Waals surface area contributed by atoms with E-state index in [0.29, 0.717) is 12.6 Å². The fourth-order valence-corrected chi connectivity index (χ4v) is 2.00. The maximum Gasteiger partial charge on any atom is 0.0874 e. The van der Waals surface area contributed by atoms with Crippen molar-refractivity contribution >= 4 is 0 Å². The van der Waals surface area contributed by atoms with Crippen LogP contribution in [0.1, 0.15) is 52.4 Å². The van der Waals surface area contributed by atoms with Crippen LogP contribution in [0.4, 0.5) is 0 Å². The number of aliphatic hydroxyl groups excluding tert-OH is 1. The van der Waals surface area contributed by atoms with Gasteiger partial charge in [0.25, 0.3) is 0 Å². The van der Waals surface area contributed by atoms with Crippen molar-refractivity contribution in [2.75, 3.05) is 6.54 Å². The molecule has 0 radical (unpaired) electrons. The first-order valence-corrected chi connectivity index (χ1v) is 6.30. The van der Waals surface area contributed by atoms with Crippen LogP contribution < -0.4 is 5.32 Å². The molecule has 1 atom stereocenters. The Kier molecular flexibility index (Phi) is 5.96. The van der Waals surface area contributed by atoms with E-state index < -0.39 is 0 Å². The van der Waals surface area contributed by atoms with Crippen molar-refractivity contribution in [2.45, 2.75) is 64.5 Å². The van der Waals surface area contributed by atoms with Crippen LogP contribution in [0.5, 0.6) is 0 Å². The summed E-state index contributed by atoms with van der Waals surface area (Å²) < 4.78 is 0. The molecule has 0 aliphatic heterocycles. The second-order valence-electron chi connectivity index (χ2n) is 4.81. The zero-order valence-electron chi connectivity index (χ0n) is 10.1. The van der Waals surface area contributed by atoms with Gasteiger partial charge in [0.2, 0.25) is 0 Å². The highest BCUT2D eigenvalue weighted by Gasteiger charge is 2.11. The molecule has 1 aliphatic carbocycles. The molecule has 0 aromatic carbocycles. The summed E-state index contributed by atoms with van der Waals surface area (Å²) in [5, 5.41) is 13.3. The minimum absolute atomic E-state index is 0.273. The summed E-state index contributed by atoms with van der Waals surface area (Å²) in [6.07, 6.45) is 9.41. The number of hydrogen-bond donors (Lipinski definition) is 2. The Morgan fingerprint density at radius 1 is 1.27 bits per heavy atom. The second-order valence-corrected chi connectivity index (χ2v) is 4.81. The first-order valence-electron chi connectivity index (χ1n) is 6.30. The largest absolute Gasteiger partial charge is 0.387 e. The maximum absolute atomic E-state index is 10.0. The molecule has 2 N–H and O–H groups in total. The molecular formula is C13H25NO. The highest BCUT2D eigenvalue weighted by molar-refractivity contribution is 5.09. The van der Waals surface area contributed by atoms with Crippen LogP contribution in [0.25, 0.3) is 0 Å². The van der Waals surface area contributed by atoms with Gasteiger partial charge in [-0.05, 0) is 31.3 Å².